The Kier molecular flexibility index (Phi) is 21.2. The van der Waals surface area contributed by atoms with Crippen molar-refractivity contribution in [2.24, 2.45) is 23.3 Å². The van der Waals surface area contributed by atoms with Gasteiger partial charge in [-0.2, -0.15) is 0 Å². The molecular formula is C48H71N9O12. The van der Waals surface area contributed by atoms with Crippen LogP contribution in [0.25, 0.3) is 0 Å². The topological polar surface area (TPSA) is 336 Å². The molecule has 8 atom stereocenters. The van der Waals surface area contributed by atoms with Gasteiger partial charge in [-0.3, -0.25) is 33.6 Å². The summed E-state index contributed by atoms with van der Waals surface area (Å²) < 4.78 is 0. The van der Waals surface area contributed by atoms with E-state index in [9.17, 15) is 58.8 Å². The lowest BCUT2D eigenvalue weighted by Crippen LogP contribution is -2.61. The van der Waals surface area contributed by atoms with Crippen molar-refractivity contribution in [2.45, 2.75) is 140 Å². The molecule has 13 N–H and O–H groups in total. The summed E-state index contributed by atoms with van der Waals surface area (Å²) in [6.45, 7) is 6.84. The van der Waals surface area contributed by atoms with Gasteiger partial charge in [-0.15, -0.1) is 0 Å². The molecule has 0 radical (unpaired) electrons. The SMILES string of the molecule is CC(C)C[C@H](NC(=O)[C@@H](NC(=O)[C@@H](N)Cc1ccc(O)cc1)C(C)C)C(=O)N[C@@H](Cc1ccc(O)cc1)C(=O)N1CCC[C@H]1C(=O)N[C@@H](CO)C(=O)N1CCC[C@H]1C(=O)N[C@@H](CCCCN)C(=O)O. The molecule has 0 aromatic heterocycles. The van der Waals surface area contributed by atoms with Crippen molar-refractivity contribution in [3.8, 4) is 11.5 Å². The van der Waals surface area contributed by atoms with Gasteiger partial charge in [-0.25, -0.2) is 4.79 Å². The second-order valence-electron chi connectivity index (χ2n) is 18.6. The number of carbonyl (C=O) groups is 8. The number of aliphatic hydroxyl groups excluding tert-OH is 1. The van der Waals surface area contributed by atoms with Crippen LogP contribution in [-0.2, 0) is 51.2 Å². The fourth-order valence-corrected chi connectivity index (χ4v) is 8.56. The van der Waals surface area contributed by atoms with Crippen LogP contribution < -0.4 is 38.1 Å². The number of hydrogen-bond donors (Lipinski definition) is 11. The summed E-state index contributed by atoms with van der Waals surface area (Å²) >= 11 is 0. The minimum absolute atomic E-state index is 0.0357. The van der Waals surface area contributed by atoms with Crippen LogP contribution in [0.5, 0.6) is 11.5 Å². The van der Waals surface area contributed by atoms with Crippen molar-refractivity contribution in [3.63, 3.8) is 0 Å². The van der Waals surface area contributed by atoms with Gasteiger partial charge in [-0.1, -0.05) is 52.0 Å². The lowest BCUT2D eigenvalue weighted by molar-refractivity contribution is -0.146. The standard InChI is InChI=1S/C48H71N9O12/c1-27(2)23-35(52-45(65)40(28(3)4)55-41(61)33(50)24-29-12-16-31(59)17-13-29)42(62)53-36(25-30-14-18-32(60)19-15-30)46(66)56-21-7-11-39(56)44(64)54-37(26-58)47(67)57-22-8-10-38(57)43(63)51-34(48(68)69)9-5-6-20-49/h12-19,27-28,33-40,58-60H,5-11,20-26,49-50H2,1-4H3,(H,51,63)(H,52,65)(H,53,62)(H,54,64)(H,55,61)(H,68,69)/t33-,34-,35-,36-,37-,38-,39-,40-/m0/s1. The number of nitrogens with zero attached hydrogens (tertiary/aromatic N) is 2. The van der Waals surface area contributed by atoms with Gasteiger partial charge < -0.3 is 68.3 Å². The average molecular weight is 966 g/mol. The third-order valence-electron chi connectivity index (χ3n) is 12.3. The molecule has 4 rings (SSSR count). The van der Waals surface area contributed by atoms with Crippen molar-refractivity contribution >= 4 is 47.3 Å². The largest absolute Gasteiger partial charge is 0.508 e. The van der Waals surface area contributed by atoms with Gasteiger partial charge in [0, 0.05) is 19.5 Å². The number of amides is 7. The highest BCUT2D eigenvalue weighted by Gasteiger charge is 2.43. The normalized spacial score (nSPS) is 18.4. The number of carbonyl (C=O) groups excluding carboxylic acids is 7. The molecule has 0 spiro atoms. The molecular weight excluding hydrogens is 895 g/mol. The summed E-state index contributed by atoms with van der Waals surface area (Å²) in [6.07, 6.45) is 2.52. The summed E-state index contributed by atoms with van der Waals surface area (Å²) in [4.78, 5) is 112. The van der Waals surface area contributed by atoms with Gasteiger partial charge in [-0.05, 0) is 112 Å². The van der Waals surface area contributed by atoms with Crippen LogP contribution in [-0.4, -0.2) is 152 Å². The van der Waals surface area contributed by atoms with Crippen LogP contribution in [0.1, 0.15) is 90.2 Å². The van der Waals surface area contributed by atoms with E-state index in [1.54, 1.807) is 38.1 Å². The van der Waals surface area contributed by atoms with E-state index in [1.165, 1.54) is 34.1 Å². The van der Waals surface area contributed by atoms with Gasteiger partial charge in [0.2, 0.25) is 41.4 Å². The van der Waals surface area contributed by atoms with Crippen LogP contribution in [0.15, 0.2) is 48.5 Å². The van der Waals surface area contributed by atoms with Gasteiger partial charge in [0.05, 0.1) is 12.6 Å². The van der Waals surface area contributed by atoms with E-state index in [-0.39, 0.29) is 69.0 Å². The van der Waals surface area contributed by atoms with Crippen molar-refractivity contribution in [2.75, 3.05) is 26.2 Å². The number of carboxylic acid groups (broad SMARTS) is 1. The quantitative estimate of drug-likeness (QED) is 0.0561. The highest BCUT2D eigenvalue weighted by molar-refractivity contribution is 5.98. The monoisotopic (exact) mass is 966 g/mol. The number of nitrogens with one attached hydrogen (secondary N) is 5. The number of unbranched alkanes of at least 4 members (excludes halogenated alkanes) is 1. The maximum atomic E-state index is 14.6. The second kappa shape index (κ2) is 26.4. The van der Waals surface area contributed by atoms with Crippen LogP contribution in [0, 0.1) is 11.8 Å². The molecule has 2 fully saturated rings. The summed E-state index contributed by atoms with van der Waals surface area (Å²) in [7, 11) is 0. The van der Waals surface area contributed by atoms with E-state index in [1.807, 2.05) is 13.8 Å². The maximum absolute atomic E-state index is 14.6. The van der Waals surface area contributed by atoms with E-state index >= 15 is 0 Å². The molecule has 7 amide bonds. The first-order chi connectivity index (χ1) is 32.7. The van der Waals surface area contributed by atoms with E-state index in [4.69, 9.17) is 11.5 Å². The first-order valence-electron chi connectivity index (χ1n) is 23.7. The van der Waals surface area contributed by atoms with Gasteiger partial charge in [0.1, 0.15) is 53.8 Å². The number of aromatic hydroxyl groups is 2. The number of phenolic OH excluding ortho intramolecular Hbond substituents is 2. The zero-order chi connectivity index (χ0) is 50.9. The molecule has 21 nitrogen and oxygen atoms in total. The van der Waals surface area contributed by atoms with Crippen molar-refractivity contribution in [1.29, 1.82) is 0 Å². The summed E-state index contributed by atoms with van der Waals surface area (Å²) in [5.74, 6) is -6.63. The minimum atomic E-state index is -1.51. The second-order valence-corrected chi connectivity index (χ2v) is 18.6. The average Bonchev–Trinajstić information content (AvgIpc) is 4.01. The van der Waals surface area contributed by atoms with Crippen LogP contribution in [0.3, 0.4) is 0 Å². The Morgan fingerprint density at radius 1 is 0.638 bits per heavy atom. The summed E-state index contributed by atoms with van der Waals surface area (Å²) in [5.41, 5.74) is 13.0. The lowest BCUT2D eigenvalue weighted by Gasteiger charge is -2.32. The maximum Gasteiger partial charge on any atom is 0.326 e. The molecule has 2 aliphatic rings. The molecule has 2 aromatic rings. The Morgan fingerprint density at radius 3 is 1.61 bits per heavy atom. The Hall–Kier alpha value is -6.32. The molecule has 2 aliphatic heterocycles. The first kappa shape index (κ1) is 55.3. The number of nitrogens with two attached hydrogens (primary N) is 2. The van der Waals surface area contributed by atoms with Crippen molar-refractivity contribution in [3.05, 3.63) is 59.7 Å². The number of benzene rings is 2. The minimum Gasteiger partial charge on any atom is -0.508 e. The predicted octanol–water partition coefficient (Wildman–Crippen LogP) is -0.476. The molecule has 2 saturated heterocycles. The van der Waals surface area contributed by atoms with Crippen LogP contribution in [0.4, 0.5) is 0 Å². The zero-order valence-electron chi connectivity index (χ0n) is 39.9. The van der Waals surface area contributed by atoms with Crippen molar-refractivity contribution in [1.82, 2.24) is 36.4 Å². The summed E-state index contributed by atoms with van der Waals surface area (Å²) in [6, 6.07) is 2.64. The van der Waals surface area contributed by atoms with E-state index in [0.717, 1.165) is 0 Å². The molecule has 0 unspecified atom stereocenters. The molecule has 2 heterocycles. The third kappa shape index (κ3) is 16.1. The number of phenols is 2. The van der Waals surface area contributed by atoms with Crippen LogP contribution in [0.2, 0.25) is 0 Å². The zero-order valence-corrected chi connectivity index (χ0v) is 39.9. The molecule has 21 heteroatoms. The Bertz CT molecular complexity index is 2090. The smallest absolute Gasteiger partial charge is 0.326 e. The number of aliphatic hydroxyl groups is 1. The lowest BCUT2D eigenvalue weighted by atomic mass is 9.98. The van der Waals surface area contributed by atoms with E-state index < -0.39 is 108 Å². The number of likely N-dealkylation sites (tertiary alicyclic amines) is 2. The molecule has 0 saturated carbocycles. The third-order valence-corrected chi connectivity index (χ3v) is 12.3. The Morgan fingerprint density at radius 2 is 1.13 bits per heavy atom. The van der Waals surface area contributed by atoms with Crippen molar-refractivity contribution < 1.29 is 58.8 Å². The van der Waals surface area contributed by atoms with E-state index in [0.29, 0.717) is 43.4 Å². The fraction of sp³-hybridized carbons (Fsp3) is 0.583. The highest BCUT2D eigenvalue weighted by atomic mass is 16.4. The molecule has 69 heavy (non-hydrogen) atoms. The first-order valence-corrected chi connectivity index (χ1v) is 23.7. The number of hydrogen-bond acceptors (Lipinski definition) is 13. The highest BCUT2D eigenvalue weighted by Crippen LogP contribution is 2.23. The van der Waals surface area contributed by atoms with E-state index in [2.05, 4.69) is 26.6 Å². The number of rotatable bonds is 25. The predicted molar refractivity (Wildman–Crippen MR) is 253 cm³/mol. The van der Waals surface area contributed by atoms with Gasteiger partial charge in [0.25, 0.3) is 0 Å². The molecule has 380 valence electrons. The molecule has 2 aromatic carbocycles. The Labute approximate surface area is 402 Å². The summed E-state index contributed by atoms with van der Waals surface area (Å²) in [5, 5.41) is 53.0. The van der Waals surface area contributed by atoms with Gasteiger partial charge in [0.15, 0.2) is 0 Å². The number of aliphatic carboxylic acids is 1. The Balaban J connectivity index is 1.50. The fourth-order valence-electron chi connectivity index (χ4n) is 8.56. The van der Waals surface area contributed by atoms with Crippen LogP contribution >= 0.6 is 0 Å². The number of carboxylic acids is 1. The molecule has 0 aliphatic carbocycles. The molecule has 0 bridgehead atoms. The van der Waals surface area contributed by atoms with Gasteiger partial charge >= 0.3 is 5.97 Å².